The van der Waals surface area contributed by atoms with Crippen LogP contribution in [0.25, 0.3) is 0 Å². The molecule has 3 heteroatoms. The van der Waals surface area contributed by atoms with Crippen LogP contribution in [0.2, 0.25) is 5.02 Å². The van der Waals surface area contributed by atoms with Crippen molar-refractivity contribution in [2.45, 2.75) is 38.6 Å². The van der Waals surface area contributed by atoms with Gasteiger partial charge in [0.1, 0.15) is 0 Å². The summed E-state index contributed by atoms with van der Waals surface area (Å²) in [6.45, 7) is 5.68. The second-order valence-corrected chi connectivity index (χ2v) is 6.25. The fourth-order valence-corrected chi connectivity index (χ4v) is 3.27. The minimum absolute atomic E-state index is 0.329. The van der Waals surface area contributed by atoms with Crippen LogP contribution in [0.15, 0.2) is 24.3 Å². The molecule has 19 heavy (non-hydrogen) atoms. The molecule has 1 aliphatic heterocycles. The number of unbranched alkanes of at least 4 members (excludes halogenated alkanes) is 1. The maximum absolute atomic E-state index is 6.20. The summed E-state index contributed by atoms with van der Waals surface area (Å²) in [5.41, 5.74) is 7.54. The first-order chi connectivity index (χ1) is 9.17. The summed E-state index contributed by atoms with van der Waals surface area (Å²) in [6.07, 6.45) is 4.76. The lowest BCUT2D eigenvalue weighted by molar-refractivity contribution is 0.154. The SMILES string of the molecule is CCCCN1CC(N)CC(Cc2cccc(Cl)c2)C1. The third-order valence-corrected chi connectivity index (χ3v) is 4.12. The van der Waals surface area contributed by atoms with Crippen LogP contribution < -0.4 is 5.73 Å². The topological polar surface area (TPSA) is 29.3 Å². The van der Waals surface area contributed by atoms with E-state index in [0.717, 1.165) is 24.4 Å². The van der Waals surface area contributed by atoms with Crippen molar-refractivity contribution < 1.29 is 0 Å². The molecule has 1 fully saturated rings. The molecule has 1 heterocycles. The van der Waals surface area contributed by atoms with Crippen molar-refractivity contribution in [2.75, 3.05) is 19.6 Å². The lowest BCUT2D eigenvalue weighted by Gasteiger charge is -2.36. The Morgan fingerprint density at radius 2 is 2.21 bits per heavy atom. The minimum atomic E-state index is 0.329. The molecule has 0 amide bonds. The van der Waals surface area contributed by atoms with Crippen molar-refractivity contribution >= 4 is 11.6 Å². The molecule has 0 bridgehead atoms. The number of nitrogens with zero attached hydrogens (tertiary/aromatic N) is 1. The number of benzene rings is 1. The molecule has 1 saturated heterocycles. The largest absolute Gasteiger partial charge is 0.327 e. The first-order valence-electron chi connectivity index (χ1n) is 7.39. The van der Waals surface area contributed by atoms with Gasteiger partial charge in [0.15, 0.2) is 0 Å². The highest BCUT2D eigenvalue weighted by atomic mass is 35.5. The van der Waals surface area contributed by atoms with E-state index in [-0.39, 0.29) is 0 Å². The number of likely N-dealkylation sites (tertiary alicyclic amines) is 1. The van der Waals surface area contributed by atoms with Gasteiger partial charge in [-0.1, -0.05) is 37.1 Å². The van der Waals surface area contributed by atoms with Gasteiger partial charge in [-0.15, -0.1) is 0 Å². The third-order valence-electron chi connectivity index (χ3n) is 3.89. The lowest BCUT2D eigenvalue weighted by atomic mass is 9.89. The Hall–Kier alpha value is -0.570. The predicted molar refractivity (Wildman–Crippen MR) is 82.6 cm³/mol. The second-order valence-electron chi connectivity index (χ2n) is 5.81. The predicted octanol–water partition coefficient (Wildman–Crippen LogP) is 3.33. The van der Waals surface area contributed by atoms with Gasteiger partial charge in [-0.3, -0.25) is 0 Å². The summed E-state index contributed by atoms with van der Waals surface area (Å²) in [5, 5.41) is 0.834. The first kappa shape index (κ1) is 14.8. The van der Waals surface area contributed by atoms with E-state index in [1.807, 2.05) is 12.1 Å². The van der Waals surface area contributed by atoms with E-state index in [1.165, 1.54) is 31.5 Å². The monoisotopic (exact) mass is 280 g/mol. The number of hydrogen-bond donors (Lipinski definition) is 1. The summed E-state index contributed by atoms with van der Waals surface area (Å²) in [7, 11) is 0. The van der Waals surface area contributed by atoms with Gasteiger partial charge in [0.25, 0.3) is 0 Å². The molecule has 0 aliphatic carbocycles. The molecule has 0 spiro atoms. The summed E-state index contributed by atoms with van der Waals surface area (Å²) in [5.74, 6) is 0.666. The van der Waals surface area contributed by atoms with E-state index >= 15 is 0 Å². The number of hydrogen-bond acceptors (Lipinski definition) is 2. The van der Waals surface area contributed by atoms with E-state index in [1.54, 1.807) is 0 Å². The Bertz CT molecular complexity index is 394. The third kappa shape index (κ3) is 4.79. The highest BCUT2D eigenvalue weighted by Crippen LogP contribution is 2.22. The van der Waals surface area contributed by atoms with Gasteiger partial charge in [0.2, 0.25) is 0 Å². The van der Waals surface area contributed by atoms with E-state index in [4.69, 9.17) is 17.3 Å². The van der Waals surface area contributed by atoms with Crippen molar-refractivity contribution in [3.8, 4) is 0 Å². The van der Waals surface area contributed by atoms with Crippen LogP contribution in [0, 0.1) is 5.92 Å². The number of rotatable bonds is 5. The molecule has 0 aromatic heterocycles. The van der Waals surface area contributed by atoms with Gasteiger partial charge in [-0.2, -0.15) is 0 Å². The molecule has 1 aromatic carbocycles. The fourth-order valence-electron chi connectivity index (χ4n) is 3.06. The molecule has 0 saturated carbocycles. The highest BCUT2D eigenvalue weighted by Gasteiger charge is 2.24. The zero-order valence-electron chi connectivity index (χ0n) is 11.8. The van der Waals surface area contributed by atoms with E-state index in [0.29, 0.717) is 12.0 Å². The molecule has 106 valence electrons. The molecule has 1 aromatic rings. The molecule has 0 radical (unpaired) electrons. The van der Waals surface area contributed by atoms with E-state index in [9.17, 15) is 0 Å². The minimum Gasteiger partial charge on any atom is -0.327 e. The normalized spacial score (nSPS) is 24.6. The maximum Gasteiger partial charge on any atom is 0.0408 e. The van der Waals surface area contributed by atoms with Crippen molar-refractivity contribution in [2.24, 2.45) is 11.7 Å². The zero-order chi connectivity index (χ0) is 13.7. The smallest absolute Gasteiger partial charge is 0.0408 e. The summed E-state index contributed by atoms with van der Waals surface area (Å²) < 4.78 is 0. The Labute approximate surface area is 121 Å². The number of halogens is 1. The van der Waals surface area contributed by atoms with Crippen molar-refractivity contribution in [3.63, 3.8) is 0 Å². The zero-order valence-corrected chi connectivity index (χ0v) is 12.6. The van der Waals surface area contributed by atoms with Crippen LogP contribution in [-0.2, 0) is 6.42 Å². The van der Waals surface area contributed by atoms with Crippen LogP contribution in [0.4, 0.5) is 0 Å². The molecule has 2 N–H and O–H groups in total. The Kier molecular flexibility index (Phi) is 5.68. The van der Waals surface area contributed by atoms with Gasteiger partial charge in [-0.25, -0.2) is 0 Å². The first-order valence-corrected chi connectivity index (χ1v) is 7.77. The summed E-state index contributed by atoms with van der Waals surface area (Å²) in [6, 6.07) is 8.55. The van der Waals surface area contributed by atoms with Gasteiger partial charge in [-0.05, 0) is 49.4 Å². The average molecular weight is 281 g/mol. The molecular weight excluding hydrogens is 256 g/mol. The Morgan fingerprint density at radius 1 is 1.37 bits per heavy atom. The quantitative estimate of drug-likeness (QED) is 0.896. The van der Waals surface area contributed by atoms with Crippen molar-refractivity contribution in [1.82, 2.24) is 4.90 Å². The van der Waals surface area contributed by atoms with Gasteiger partial charge in [0, 0.05) is 24.2 Å². The Morgan fingerprint density at radius 3 is 2.95 bits per heavy atom. The maximum atomic E-state index is 6.20. The molecule has 2 atom stereocenters. The van der Waals surface area contributed by atoms with E-state index in [2.05, 4.69) is 24.0 Å². The van der Waals surface area contributed by atoms with Gasteiger partial charge in [0.05, 0.1) is 0 Å². The van der Waals surface area contributed by atoms with Crippen molar-refractivity contribution in [1.29, 1.82) is 0 Å². The summed E-state index contributed by atoms with van der Waals surface area (Å²) >= 11 is 6.05. The lowest BCUT2D eigenvalue weighted by Crippen LogP contribution is -2.47. The fraction of sp³-hybridized carbons (Fsp3) is 0.625. The molecular formula is C16H25ClN2. The molecule has 1 aliphatic rings. The number of nitrogens with two attached hydrogens (primary N) is 1. The second kappa shape index (κ2) is 7.28. The van der Waals surface area contributed by atoms with Crippen LogP contribution in [0.5, 0.6) is 0 Å². The number of piperidine rings is 1. The van der Waals surface area contributed by atoms with Crippen LogP contribution in [-0.4, -0.2) is 30.6 Å². The van der Waals surface area contributed by atoms with Crippen LogP contribution in [0.3, 0.4) is 0 Å². The average Bonchev–Trinajstić information content (AvgIpc) is 2.35. The molecule has 2 unspecified atom stereocenters. The van der Waals surface area contributed by atoms with Gasteiger partial charge < -0.3 is 10.6 Å². The van der Waals surface area contributed by atoms with Crippen LogP contribution in [0.1, 0.15) is 31.7 Å². The standard InChI is InChI=1S/C16H25ClN2/c1-2-3-7-19-11-14(10-16(18)12-19)8-13-5-4-6-15(17)9-13/h4-6,9,14,16H,2-3,7-8,10-12,18H2,1H3. The van der Waals surface area contributed by atoms with Crippen LogP contribution >= 0.6 is 11.6 Å². The van der Waals surface area contributed by atoms with Gasteiger partial charge >= 0.3 is 0 Å². The molecule has 2 nitrogen and oxygen atoms in total. The Balaban J connectivity index is 1.92. The van der Waals surface area contributed by atoms with Crippen molar-refractivity contribution in [3.05, 3.63) is 34.9 Å². The highest BCUT2D eigenvalue weighted by molar-refractivity contribution is 6.30. The summed E-state index contributed by atoms with van der Waals surface area (Å²) in [4.78, 5) is 2.53. The van der Waals surface area contributed by atoms with E-state index < -0.39 is 0 Å². The molecule has 2 rings (SSSR count).